The first-order chi connectivity index (χ1) is 18.9. The maximum atomic E-state index is 13.0. The topological polar surface area (TPSA) is 152 Å². The van der Waals surface area contributed by atoms with Crippen LogP contribution < -0.4 is 0 Å². The summed E-state index contributed by atoms with van der Waals surface area (Å²) in [6, 6.07) is 0. The number of aldehydes is 1. The van der Waals surface area contributed by atoms with Gasteiger partial charge in [0.1, 0.15) is 31.2 Å². The molecular formula is C30H44O10. The predicted octanol–water partition coefficient (Wildman–Crippen LogP) is 1.40. The highest BCUT2D eigenvalue weighted by Gasteiger charge is 2.71. The van der Waals surface area contributed by atoms with E-state index in [1.54, 1.807) is 13.0 Å². The Balaban J connectivity index is 1.22. The van der Waals surface area contributed by atoms with E-state index < -0.39 is 58.8 Å². The Morgan fingerprint density at radius 3 is 2.45 bits per heavy atom. The van der Waals surface area contributed by atoms with Gasteiger partial charge in [0.25, 0.3) is 0 Å². The molecule has 0 spiro atoms. The van der Waals surface area contributed by atoms with Gasteiger partial charge in [-0.2, -0.15) is 0 Å². The standard InChI is InChI=1S/C30H44O10/c1-16-23(33)24(34)25(37-3)26(39-16)40-18-4-9-28(15-31)20-5-8-27(2)19(17-12-22(32)38-14-17)7-11-30(27,36)21(20)6-10-29(28,35)13-18/h12,15-16,18-21,23-26,33-36H,4-11,13-14H2,1-3H3/t16-,18+,19-,20+,21-,23+,24+,25-,26+,27-,28+,29+,30+/m1/s1. The highest BCUT2D eigenvalue weighted by molar-refractivity contribution is 5.85. The molecule has 4 aliphatic carbocycles. The molecule has 13 atom stereocenters. The van der Waals surface area contributed by atoms with E-state index in [1.165, 1.54) is 7.11 Å². The van der Waals surface area contributed by atoms with Gasteiger partial charge in [0, 0.05) is 25.0 Å². The number of fused-ring (bicyclic) bond motifs is 5. The van der Waals surface area contributed by atoms with Gasteiger partial charge >= 0.3 is 5.97 Å². The van der Waals surface area contributed by atoms with Crippen LogP contribution in [0.3, 0.4) is 0 Å². The van der Waals surface area contributed by atoms with Crippen molar-refractivity contribution >= 4 is 12.3 Å². The maximum Gasteiger partial charge on any atom is 0.331 e. The molecule has 0 amide bonds. The van der Waals surface area contributed by atoms with E-state index >= 15 is 0 Å². The molecule has 0 bridgehead atoms. The van der Waals surface area contributed by atoms with Crippen molar-refractivity contribution in [1.29, 1.82) is 0 Å². The van der Waals surface area contributed by atoms with Gasteiger partial charge in [-0.05, 0) is 81.6 Å². The number of hydrogen-bond donors (Lipinski definition) is 4. The van der Waals surface area contributed by atoms with Crippen molar-refractivity contribution < 1.29 is 49.0 Å². The molecule has 0 aromatic rings. The van der Waals surface area contributed by atoms with Crippen LogP contribution in [0.2, 0.25) is 0 Å². The Bertz CT molecular complexity index is 1060. The van der Waals surface area contributed by atoms with Gasteiger partial charge in [0.05, 0.1) is 28.8 Å². The van der Waals surface area contributed by atoms with Gasteiger partial charge in [-0.3, -0.25) is 0 Å². The molecule has 224 valence electrons. The number of carbonyl (C=O) groups excluding carboxylic acids is 2. The average molecular weight is 565 g/mol. The molecule has 5 fully saturated rings. The molecule has 0 unspecified atom stereocenters. The van der Waals surface area contributed by atoms with Crippen molar-refractivity contribution in [3.05, 3.63) is 11.6 Å². The van der Waals surface area contributed by atoms with Crippen LogP contribution in [0, 0.1) is 28.6 Å². The minimum atomic E-state index is -1.30. The fraction of sp³-hybridized carbons (Fsp3) is 0.867. The number of methoxy groups -OCH3 is 1. The normalized spacial score (nSPS) is 54.1. The zero-order chi connectivity index (χ0) is 28.7. The number of ether oxygens (including phenoxy) is 4. The van der Waals surface area contributed by atoms with Gasteiger partial charge in [-0.15, -0.1) is 0 Å². The van der Waals surface area contributed by atoms with E-state index in [1.807, 2.05) is 0 Å². The van der Waals surface area contributed by atoms with Crippen LogP contribution in [0.15, 0.2) is 11.6 Å². The summed E-state index contributed by atoms with van der Waals surface area (Å²) in [5.41, 5.74) is -2.75. The van der Waals surface area contributed by atoms with E-state index in [0.29, 0.717) is 44.9 Å². The second kappa shape index (κ2) is 9.82. The lowest BCUT2D eigenvalue weighted by Crippen LogP contribution is -2.69. The van der Waals surface area contributed by atoms with Crippen LogP contribution in [0.5, 0.6) is 0 Å². The quantitative estimate of drug-likeness (QED) is 0.219. The number of cyclic esters (lactones) is 1. The first kappa shape index (κ1) is 28.7. The molecule has 40 heavy (non-hydrogen) atoms. The monoisotopic (exact) mass is 564 g/mol. The summed E-state index contributed by atoms with van der Waals surface area (Å²) in [4.78, 5) is 24.8. The highest BCUT2D eigenvalue weighted by atomic mass is 16.7. The van der Waals surface area contributed by atoms with Gasteiger partial charge < -0.3 is 44.2 Å². The molecule has 10 nitrogen and oxygen atoms in total. The van der Waals surface area contributed by atoms with Crippen LogP contribution in [-0.2, 0) is 28.5 Å². The summed E-state index contributed by atoms with van der Waals surface area (Å²) in [7, 11) is 1.42. The summed E-state index contributed by atoms with van der Waals surface area (Å²) in [6.07, 6.45) is 2.33. The van der Waals surface area contributed by atoms with Crippen molar-refractivity contribution in [2.75, 3.05) is 13.7 Å². The van der Waals surface area contributed by atoms with Gasteiger partial charge in [0.2, 0.25) is 0 Å². The molecule has 0 radical (unpaired) electrons. The van der Waals surface area contributed by atoms with Gasteiger partial charge in [-0.25, -0.2) is 4.79 Å². The second-order valence-electron chi connectivity index (χ2n) is 13.6. The van der Waals surface area contributed by atoms with Crippen molar-refractivity contribution in [3.63, 3.8) is 0 Å². The molecular weight excluding hydrogens is 520 g/mol. The van der Waals surface area contributed by atoms with E-state index in [0.717, 1.165) is 18.3 Å². The molecule has 6 aliphatic rings. The van der Waals surface area contributed by atoms with Gasteiger partial charge in [0.15, 0.2) is 6.29 Å². The predicted molar refractivity (Wildman–Crippen MR) is 140 cm³/mol. The van der Waals surface area contributed by atoms with Crippen LogP contribution >= 0.6 is 0 Å². The largest absolute Gasteiger partial charge is 0.458 e. The first-order valence-electron chi connectivity index (χ1n) is 14.9. The Morgan fingerprint density at radius 1 is 1.02 bits per heavy atom. The molecule has 0 aromatic heterocycles. The van der Waals surface area contributed by atoms with E-state index in [-0.39, 0.29) is 36.8 Å². The van der Waals surface area contributed by atoms with Crippen LogP contribution in [0.1, 0.15) is 71.6 Å². The molecule has 4 N–H and O–H groups in total. The molecule has 2 aliphatic heterocycles. The fourth-order valence-electron chi connectivity index (χ4n) is 9.99. The highest BCUT2D eigenvalue weighted by Crippen LogP contribution is 2.70. The Morgan fingerprint density at radius 2 is 1.77 bits per heavy atom. The smallest absolute Gasteiger partial charge is 0.331 e. The second-order valence-corrected chi connectivity index (χ2v) is 13.6. The van der Waals surface area contributed by atoms with Crippen LogP contribution in [-0.4, -0.2) is 94.4 Å². The zero-order valence-corrected chi connectivity index (χ0v) is 23.7. The minimum absolute atomic E-state index is 0.0579. The summed E-state index contributed by atoms with van der Waals surface area (Å²) in [5, 5.41) is 45.3. The summed E-state index contributed by atoms with van der Waals surface area (Å²) < 4.78 is 22.7. The van der Waals surface area contributed by atoms with Crippen molar-refractivity contribution in [1.82, 2.24) is 0 Å². The van der Waals surface area contributed by atoms with E-state index in [2.05, 4.69) is 6.92 Å². The number of aliphatic hydroxyl groups is 4. The number of rotatable bonds is 5. The molecule has 6 rings (SSSR count). The van der Waals surface area contributed by atoms with Crippen LogP contribution in [0.4, 0.5) is 0 Å². The van der Waals surface area contributed by atoms with Crippen LogP contribution in [0.25, 0.3) is 0 Å². The third kappa shape index (κ3) is 3.86. The SMILES string of the molecule is CO[C@H]1[C@H](O[C@H]2CC[C@]3(C=O)[C@H]4CC[C@]5(C)[C@@H](C6=CC(=O)OC6)CC[C@]5(O)[C@@H]4CC[C@]3(O)C2)O[C@H](C)[C@H](O)[C@@H]1O. The Labute approximate surface area is 235 Å². The van der Waals surface area contributed by atoms with E-state index in [4.69, 9.17) is 18.9 Å². The lowest BCUT2D eigenvalue weighted by atomic mass is 9.41. The minimum Gasteiger partial charge on any atom is -0.458 e. The average Bonchev–Trinajstić information content (AvgIpc) is 3.46. The number of aliphatic hydroxyl groups excluding tert-OH is 2. The number of esters is 1. The Kier molecular flexibility index (Phi) is 7.05. The Hall–Kier alpha value is -1.40. The molecule has 4 saturated carbocycles. The van der Waals surface area contributed by atoms with Crippen molar-refractivity contribution in [2.24, 2.45) is 28.6 Å². The molecule has 0 aromatic carbocycles. The van der Waals surface area contributed by atoms with Crippen molar-refractivity contribution in [2.45, 2.75) is 120 Å². The number of hydrogen-bond acceptors (Lipinski definition) is 10. The molecule has 10 heteroatoms. The van der Waals surface area contributed by atoms with Gasteiger partial charge in [-0.1, -0.05) is 6.92 Å². The summed E-state index contributed by atoms with van der Waals surface area (Å²) in [5.74, 6) is -0.552. The third-order valence-electron chi connectivity index (χ3n) is 12.2. The lowest BCUT2D eigenvalue weighted by Gasteiger charge is -2.65. The maximum absolute atomic E-state index is 13.0. The summed E-state index contributed by atoms with van der Waals surface area (Å²) in [6.45, 7) is 4.07. The zero-order valence-electron chi connectivity index (χ0n) is 23.7. The van der Waals surface area contributed by atoms with Crippen molar-refractivity contribution in [3.8, 4) is 0 Å². The van der Waals surface area contributed by atoms with E-state index in [9.17, 15) is 30.0 Å². The number of carbonyl (C=O) groups is 2. The fourth-order valence-corrected chi connectivity index (χ4v) is 9.99. The molecule has 1 saturated heterocycles. The lowest BCUT2D eigenvalue weighted by molar-refractivity contribution is -0.320. The first-order valence-corrected chi connectivity index (χ1v) is 14.9. The molecule has 2 heterocycles. The summed E-state index contributed by atoms with van der Waals surface area (Å²) >= 11 is 0. The third-order valence-corrected chi connectivity index (χ3v) is 12.2.